The minimum absolute atomic E-state index is 0.202. The molecular weight excluding hydrogens is 289 g/mol. The van der Waals surface area contributed by atoms with Gasteiger partial charge in [-0.15, -0.1) is 0 Å². The molecule has 0 saturated carbocycles. The number of benzene rings is 1. The number of carboxylic acids is 1. The standard InChI is InChI=1S/C13H13F3N2O3/c14-7-4-5-8(11(16)10(7)15)17-13(21)18-6-2-1-3-9(18)12(19)20/h4-5,9H,1-3,6H2,(H,17,21)(H,19,20). The fraction of sp³-hybridized carbons (Fsp3) is 0.385. The Balaban J connectivity index is 2.17. The summed E-state index contributed by atoms with van der Waals surface area (Å²) in [4.78, 5) is 24.1. The number of aliphatic carboxylic acids is 1. The van der Waals surface area contributed by atoms with E-state index in [0.29, 0.717) is 25.3 Å². The molecule has 1 aliphatic rings. The van der Waals surface area contributed by atoms with Crippen LogP contribution >= 0.6 is 0 Å². The van der Waals surface area contributed by atoms with Crippen molar-refractivity contribution in [3.8, 4) is 0 Å². The van der Waals surface area contributed by atoms with Gasteiger partial charge in [-0.3, -0.25) is 0 Å². The molecule has 0 radical (unpaired) electrons. The van der Waals surface area contributed by atoms with Gasteiger partial charge in [0, 0.05) is 6.54 Å². The number of hydrogen-bond acceptors (Lipinski definition) is 2. The summed E-state index contributed by atoms with van der Waals surface area (Å²) in [6.45, 7) is 0.202. The van der Waals surface area contributed by atoms with Crippen LogP contribution in [-0.2, 0) is 4.79 Å². The van der Waals surface area contributed by atoms with E-state index in [2.05, 4.69) is 5.32 Å². The molecule has 2 amide bonds. The summed E-state index contributed by atoms with van der Waals surface area (Å²) < 4.78 is 39.4. The molecule has 0 spiro atoms. The van der Waals surface area contributed by atoms with Gasteiger partial charge in [-0.05, 0) is 31.4 Å². The maximum atomic E-state index is 13.5. The number of piperidine rings is 1. The Kier molecular flexibility index (Phi) is 4.35. The number of carbonyl (C=O) groups is 2. The monoisotopic (exact) mass is 302 g/mol. The van der Waals surface area contributed by atoms with Crippen molar-refractivity contribution in [2.24, 2.45) is 0 Å². The molecule has 0 bridgehead atoms. The van der Waals surface area contributed by atoms with Gasteiger partial charge in [0.1, 0.15) is 6.04 Å². The molecule has 2 rings (SSSR count). The summed E-state index contributed by atoms with van der Waals surface area (Å²) in [5, 5.41) is 11.1. The van der Waals surface area contributed by atoms with Crippen molar-refractivity contribution >= 4 is 17.7 Å². The van der Waals surface area contributed by atoms with Crippen molar-refractivity contribution in [2.45, 2.75) is 25.3 Å². The fourth-order valence-corrected chi connectivity index (χ4v) is 2.24. The maximum Gasteiger partial charge on any atom is 0.326 e. The Labute approximate surface area is 118 Å². The van der Waals surface area contributed by atoms with Crippen LogP contribution in [0.15, 0.2) is 12.1 Å². The predicted octanol–water partition coefficient (Wildman–Crippen LogP) is 2.57. The molecular formula is C13H13F3N2O3. The molecule has 114 valence electrons. The second kappa shape index (κ2) is 6.02. The summed E-state index contributed by atoms with van der Waals surface area (Å²) in [5.74, 6) is -5.74. The summed E-state index contributed by atoms with van der Waals surface area (Å²) in [6.07, 6.45) is 1.58. The number of carboxylic acid groups (broad SMARTS) is 1. The third-order valence-corrected chi connectivity index (χ3v) is 3.33. The van der Waals surface area contributed by atoms with Crippen LogP contribution in [0.1, 0.15) is 19.3 Å². The third kappa shape index (κ3) is 3.09. The lowest BCUT2D eigenvalue weighted by Crippen LogP contribution is -2.49. The SMILES string of the molecule is O=C(O)C1CCCCN1C(=O)Nc1ccc(F)c(F)c1F. The van der Waals surface area contributed by atoms with Crippen molar-refractivity contribution < 1.29 is 27.9 Å². The molecule has 1 unspecified atom stereocenters. The van der Waals surface area contributed by atoms with Crippen LogP contribution in [0.5, 0.6) is 0 Å². The number of anilines is 1. The van der Waals surface area contributed by atoms with Crippen molar-refractivity contribution in [2.75, 3.05) is 11.9 Å². The van der Waals surface area contributed by atoms with E-state index in [1.807, 2.05) is 0 Å². The Bertz CT molecular complexity index is 580. The van der Waals surface area contributed by atoms with Gasteiger partial charge in [0.25, 0.3) is 0 Å². The molecule has 1 aromatic carbocycles. The summed E-state index contributed by atoms with van der Waals surface area (Å²) in [7, 11) is 0. The average Bonchev–Trinajstić information content (AvgIpc) is 2.47. The van der Waals surface area contributed by atoms with Gasteiger partial charge in [0.15, 0.2) is 17.5 Å². The molecule has 8 heteroatoms. The molecule has 5 nitrogen and oxygen atoms in total. The normalized spacial score (nSPS) is 18.4. The van der Waals surface area contributed by atoms with Crippen molar-refractivity contribution in [1.82, 2.24) is 4.90 Å². The molecule has 1 aromatic rings. The number of carbonyl (C=O) groups excluding carboxylic acids is 1. The first-order valence-corrected chi connectivity index (χ1v) is 6.35. The van der Waals surface area contributed by atoms with E-state index in [0.717, 1.165) is 11.0 Å². The van der Waals surface area contributed by atoms with Crippen LogP contribution in [0.3, 0.4) is 0 Å². The number of hydrogen-bond donors (Lipinski definition) is 2. The van der Waals surface area contributed by atoms with Gasteiger partial charge in [-0.25, -0.2) is 22.8 Å². The van der Waals surface area contributed by atoms with Gasteiger partial charge in [-0.1, -0.05) is 0 Å². The first-order chi connectivity index (χ1) is 9.91. The van der Waals surface area contributed by atoms with E-state index in [4.69, 9.17) is 5.11 Å². The summed E-state index contributed by atoms with van der Waals surface area (Å²) in [6, 6.07) is -0.302. The number of halogens is 3. The zero-order chi connectivity index (χ0) is 15.6. The number of nitrogens with one attached hydrogen (secondary N) is 1. The number of amides is 2. The first kappa shape index (κ1) is 15.1. The van der Waals surface area contributed by atoms with Gasteiger partial charge < -0.3 is 15.3 Å². The number of nitrogens with zero attached hydrogens (tertiary/aromatic N) is 1. The van der Waals surface area contributed by atoms with E-state index in [1.165, 1.54) is 0 Å². The van der Waals surface area contributed by atoms with Crippen LogP contribution in [0.4, 0.5) is 23.7 Å². The van der Waals surface area contributed by atoms with E-state index in [-0.39, 0.29) is 6.54 Å². The number of likely N-dealkylation sites (tertiary alicyclic amines) is 1. The first-order valence-electron chi connectivity index (χ1n) is 6.35. The molecule has 0 aromatic heterocycles. The predicted molar refractivity (Wildman–Crippen MR) is 67.3 cm³/mol. The van der Waals surface area contributed by atoms with E-state index < -0.39 is 41.2 Å². The zero-order valence-corrected chi connectivity index (χ0v) is 10.9. The molecule has 0 aliphatic carbocycles. The third-order valence-electron chi connectivity index (χ3n) is 3.33. The topological polar surface area (TPSA) is 69.6 Å². The molecule has 1 heterocycles. The van der Waals surface area contributed by atoms with E-state index in [9.17, 15) is 22.8 Å². The molecule has 21 heavy (non-hydrogen) atoms. The number of rotatable bonds is 2. The highest BCUT2D eigenvalue weighted by Crippen LogP contribution is 2.22. The van der Waals surface area contributed by atoms with Gasteiger partial charge in [0.2, 0.25) is 0 Å². The molecule has 2 N–H and O–H groups in total. The summed E-state index contributed by atoms with van der Waals surface area (Å²) >= 11 is 0. The van der Waals surface area contributed by atoms with Crippen molar-refractivity contribution in [3.05, 3.63) is 29.6 Å². The average molecular weight is 302 g/mol. The Hall–Kier alpha value is -2.25. The smallest absolute Gasteiger partial charge is 0.326 e. The maximum absolute atomic E-state index is 13.5. The molecule has 1 aliphatic heterocycles. The molecule has 1 atom stereocenters. The van der Waals surface area contributed by atoms with Crippen LogP contribution in [0, 0.1) is 17.5 Å². The van der Waals surface area contributed by atoms with E-state index in [1.54, 1.807) is 0 Å². The van der Waals surface area contributed by atoms with Crippen molar-refractivity contribution in [3.63, 3.8) is 0 Å². The molecule has 1 saturated heterocycles. The van der Waals surface area contributed by atoms with Crippen LogP contribution in [0.2, 0.25) is 0 Å². The lowest BCUT2D eigenvalue weighted by Gasteiger charge is -2.32. The minimum Gasteiger partial charge on any atom is -0.480 e. The zero-order valence-electron chi connectivity index (χ0n) is 10.9. The second-order valence-electron chi connectivity index (χ2n) is 4.70. The van der Waals surface area contributed by atoms with Crippen LogP contribution in [0.25, 0.3) is 0 Å². The van der Waals surface area contributed by atoms with Crippen LogP contribution < -0.4 is 5.32 Å². The fourth-order valence-electron chi connectivity index (χ4n) is 2.24. The lowest BCUT2D eigenvalue weighted by molar-refractivity contribution is -0.143. The Morgan fingerprint density at radius 1 is 1.19 bits per heavy atom. The summed E-state index contributed by atoms with van der Waals surface area (Å²) in [5.41, 5.74) is -0.534. The number of urea groups is 1. The van der Waals surface area contributed by atoms with Gasteiger partial charge >= 0.3 is 12.0 Å². The quantitative estimate of drug-likeness (QED) is 0.825. The Morgan fingerprint density at radius 2 is 1.90 bits per heavy atom. The largest absolute Gasteiger partial charge is 0.480 e. The second-order valence-corrected chi connectivity index (χ2v) is 4.70. The Morgan fingerprint density at radius 3 is 2.57 bits per heavy atom. The highest BCUT2D eigenvalue weighted by atomic mass is 19.2. The molecule has 1 fully saturated rings. The highest BCUT2D eigenvalue weighted by Gasteiger charge is 2.32. The van der Waals surface area contributed by atoms with E-state index >= 15 is 0 Å². The van der Waals surface area contributed by atoms with Crippen molar-refractivity contribution in [1.29, 1.82) is 0 Å². The minimum atomic E-state index is -1.69. The van der Waals surface area contributed by atoms with Crippen LogP contribution in [-0.4, -0.2) is 34.6 Å². The van der Waals surface area contributed by atoms with Gasteiger partial charge in [-0.2, -0.15) is 0 Å². The highest BCUT2D eigenvalue weighted by molar-refractivity contribution is 5.92. The lowest BCUT2D eigenvalue weighted by atomic mass is 10.0. The van der Waals surface area contributed by atoms with Gasteiger partial charge in [0.05, 0.1) is 5.69 Å².